The van der Waals surface area contributed by atoms with E-state index in [0.29, 0.717) is 5.75 Å². The van der Waals surface area contributed by atoms with Crippen LogP contribution in [-0.4, -0.2) is 5.11 Å². The SMILES string of the molecule is Oc1c(I)sc2cccc(CBr)c12. The summed E-state index contributed by atoms with van der Waals surface area (Å²) in [6.07, 6.45) is 0. The zero-order valence-electron chi connectivity index (χ0n) is 6.55. The summed E-state index contributed by atoms with van der Waals surface area (Å²) >= 11 is 7.20. The maximum Gasteiger partial charge on any atom is 0.147 e. The van der Waals surface area contributed by atoms with Gasteiger partial charge in [0.25, 0.3) is 0 Å². The van der Waals surface area contributed by atoms with Gasteiger partial charge in [0, 0.05) is 15.4 Å². The molecule has 1 aromatic heterocycles. The molecule has 0 aliphatic carbocycles. The Hall–Kier alpha value is 0.190. The van der Waals surface area contributed by atoms with Crippen LogP contribution in [0.25, 0.3) is 10.1 Å². The number of hydrogen-bond acceptors (Lipinski definition) is 2. The number of hydrogen-bond donors (Lipinski definition) is 1. The Kier molecular flexibility index (Phi) is 2.80. The Bertz CT molecular complexity index is 452. The van der Waals surface area contributed by atoms with Crippen LogP contribution in [0.4, 0.5) is 0 Å². The number of rotatable bonds is 1. The van der Waals surface area contributed by atoms with Crippen LogP contribution < -0.4 is 0 Å². The summed E-state index contributed by atoms with van der Waals surface area (Å²) in [5.41, 5.74) is 1.15. The molecule has 0 aliphatic rings. The lowest BCUT2D eigenvalue weighted by molar-refractivity contribution is 0.480. The molecule has 1 aromatic carbocycles. The normalized spacial score (nSPS) is 10.9. The van der Waals surface area contributed by atoms with E-state index in [9.17, 15) is 5.11 Å². The molecular formula is C9H6BrIOS. The molecule has 0 unspecified atom stereocenters. The van der Waals surface area contributed by atoms with Crippen molar-refractivity contribution in [2.75, 3.05) is 0 Å². The van der Waals surface area contributed by atoms with E-state index < -0.39 is 0 Å². The summed E-state index contributed by atoms with van der Waals surface area (Å²) in [5, 5.41) is 11.6. The van der Waals surface area contributed by atoms with Crippen molar-refractivity contribution < 1.29 is 5.11 Å². The van der Waals surface area contributed by atoms with E-state index in [2.05, 4.69) is 38.5 Å². The fourth-order valence-electron chi connectivity index (χ4n) is 1.28. The number of halogens is 2. The molecule has 0 saturated carbocycles. The Labute approximate surface area is 102 Å². The van der Waals surface area contributed by atoms with Crippen LogP contribution in [0.2, 0.25) is 0 Å². The van der Waals surface area contributed by atoms with E-state index in [1.165, 1.54) is 0 Å². The molecule has 0 aliphatic heterocycles. The van der Waals surface area contributed by atoms with Crippen molar-refractivity contribution in [3.8, 4) is 5.75 Å². The summed E-state index contributed by atoms with van der Waals surface area (Å²) in [6.45, 7) is 0. The second-order valence-corrected chi connectivity index (χ2v) is 6.07. The monoisotopic (exact) mass is 368 g/mol. The molecule has 1 N–H and O–H groups in total. The second kappa shape index (κ2) is 3.74. The molecule has 68 valence electrons. The number of alkyl halides is 1. The van der Waals surface area contributed by atoms with Gasteiger partial charge in [-0.2, -0.15) is 0 Å². The highest BCUT2D eigenvalue weighted by atomic mass is 127. The zero-order chi connectivity index (χ0) is 9.42. The average molecular weight is 369 g/mol. The molecule has 2 aromatic rings. The zero-order valence-corrected chi connectivity index (χ0v) is 11.1. The lowest BCUT2D eigenvalue weighted by Crippen LogP contribution is -1.77. The summed E-state index contributed by atoms with van der Waals surface area (Å²) in [5.74, 6) is 0.427. The van der Waals surface area contributed by atoms with E-state index in [1.807, 2.05) is 18.2 Å². The second-order valence-electron chi connectivity index (χ2n) is 2.65. The van der Waals surface area contributed by atoms with Gasteiger partial charge in [-0.15, -0.1) is 11.3 Å². The van der Waals surface area contributed by atoms with Crippen molar-refractivity contribution in [2.45, 2.75) is 5.33 Å². The van der Waals surface area contributed by atoms with Gasteiger partial charge in [-0.05, 0) is 34.2 Å². The van der Waals surface area contributed by atoms with Crippen molar-refractivity contribution in [1.82, 2.24) is 0 Å². The predicted molar refractivity (Wildman–Crippen MR) is 68.8 cm³/mol. The minimum Gasteiger partial charge on any atom is -0.505 e. The smallest absolute Gasteiger partial charge is 0.147 e. The average Bonchev–Trinajstić information content (AvgIpc) is 2.43. The third-order valence-electron chi connectivity index (χ3n) is 1.88. The molecule has 1 heterocycles. The van der Waals surface area contributed by atoms with Gasteiger partial charge >= 0.3 is 0 Å². The molecule has 0 fully saturated rings. The van der Waals surface area contributed by atoms with Gasteiger partial charge in [0.1, 0.15) is 8.63 Å². The van der Waals surface area contributed by atoms with Gasteiger partial charge in [0.15, 0.2) is 0 Å². The first kappa shape index (κ1) is 9.73. The number of benzene rings is 1. The minimum atomic E-state index is 0.427. The molecule has 0 bridgehead atoms. The Morgan fingerprint density at radius 3 is 2.92 bits per heavy atom. The van der Waals surface area contributed by atoms with Crippen LogP contribution in [0.5, 0.6) is 5.75 Å². The predicted octanol–water partition coefficient (Wildman–Crippen LogP) is 4.11. The Balaban J connectivity index is 2.87. The van der Waals surface area contributed by atoms with Crippen molar-refractivity contribution >= 4 is 59.9 Å². The van der Waals surface area contributed by atoms with Crippen molar-refractivity contribution in [3.05, 3.63) is 26.6 Å². The highest BCUT2D eigenvalue weighted by Gasteiger charge is 2.11. The van der Waals surface area contributed by atoms with Gasteiger partial charge in [0.05, 0.1) is 0 Å². The molecule has 0 radical (unpaired) electrons. The fourth-order valence-corrected chi connectivity index (χ4v) is 3.60. The lowest BCUT2D eigenvalue weighted by atomic mass is 10.1. The highest BCUT2D eigenvalue weighted by molar-refractivity contribution is 14.1. The first-order valence-corrected chi connectivity index (χ1v) is 6.70. The van der Waals surface area contributed by atoms with Crippen LogP contribution in [0.1, 0.15) is 5.56 Å². The maximum absolute atomic E-state index is 9.79. The summed E-state index contributed by atoms with van der Waals surface area (Å²) in [7, 11) is 0. The number of thiophene rings is 1. The third kappa shape index (κ3) is 1.59. The molecule has 0 spiro atoms. The van der Waals surface area contributed by atoms with Gasteiger partial charge < -0.3 is 5.11 Å². The quantitative estimate of drug-likeness (QED) is 0.593. The summed E-state index contributed by atoms with van der Waals surface area (Å²) < 4.78 is 2.11. The molecule has 0 saturated heterocycles. The van der Waals surface area contributed by atoms with Crippen LogP contribution in [0, 0.1) is 2.88 Å². The Morgan fingerprint density at radius 1 is 1.46 bits per heavy atom. The van der Waals surface area contributed by atoms with Gasteiger partial charge in [-0.25, -0.2) is 0 Å². The van der Waals surface area contributed by atoms with E-state index in [1.54, 1.807) is 11.3 Å². The molecule has 1 nitrogen and oxygen atoms in total. The first-order chi connectivity index (χ1) is 6.24. The minimum absolute atomic E-state index is 0.427. The molecular weight excluding hydrogens is 363 g/mol. The highest BCUT2D eigenvalue weighted by Crippen LogP contribution is 2.39. The van der Waals surface area contributed by atoms with E-state index in [4.69, 9.17) is 0 Å². The molecule has 0 amide bonds. The van der Waals surface area contributed by atoms with E-state index >= 15 is 0 Å². The van der Waals surface area contributed by atoms with Crippen molar-refractivity contribution in [1.29, 1.82) is 0 Å². The topological polar surface area (TPSA) is 20.2 Å². The largest absolute Gasteiger partial charge is 0.505 e. The fraction of sp³-hybridized carbons (Fsp3) is 0.111. The number of aromatic hydroxyl groups is 1. The molecule has 2 rings (SSSR count). The summed E-state index contributed by atoms with van der Waals surface area (Å²) in [4.78, 5) is 0. The van der Waals surface area contributed by atoms with Crippen LogP contribution in [0.3, 0.4) is 0 Å². The maximum atomic E-state index is 9.79. The molecule has 0 atom stereocenters. The van der Waals surface area contributed by atoms with E-state index in [0.717, 1.165) is 23.9 Å². The van der Waals surface area contributed by atoms with E-state index in [-0.39, 0.29) is 0 Å². The van der Waals surface area contributed by atoms with Gasteiger partial charge in [-0.3, -0.25) is 0 Å². The molecule has 13 heavy (non-hydrogen) atoms. The Morgan fingerprint density at radius 2 is 2.23 bits per heavy atom. The van der Waals surface area contributed by atoms with Crippen LogP contribution >= 0.6 is 49.9 Å². The van der Waals surface area contributed by atoms with Gasteiger partial charge in [-0.1, -0.05) is 28.1 Å². The number of fused-ring (bicyclic) bond motifs is 1. The lowest BCUT2D eigenvalue weighted by Gasteiger charge is -1.98. The summed E-state index contributed by atoms with van der Waals surface area (Å²) in [6, 6.07) is 6.08. The van der Waals surface area contributed by atoms with Crippen molar-refractivity contribution in [2.24, 2.45) is 0 Å². The van der Waals surface area contributed by atoms with Crippen LogP contribution in [-0.2, 0) is 5.33 Å². The van der Waals surface area contributed by atoms with Crippen LogP contribution in [0.15, 0.2) is 18.2 Å². The van der Waals surface area contributed by atoms with Gasteiger partial charge in [0.2, 0.25) is 0 Å². The standard InChI is InChI=1S/C9H6BrIOS/c10-4-5-2-1-3-6-7(5)8(12)9(11)13-6/h1-3,12H,4H2. The molecule has 4 heteroatoms. The van der Waals surface area contributed by atoms with Crippen molar-refractivity contribution in [3.63, 3.8) is 0 Å². The first-order valence-electron chi connectivity index (χ1n) is 3.69. The third-order valence-corrected chi connectivity index (χ3v) is 4.59.